The van der Waals surface area contributed by atoms with Gasteiger partial charge in [0.05, 0.1) is 11.0 Å². The average Bonchev–Trinajstić information content (AvgIpc) is 2.64. The number of nitro benzene ring substituents is 1. The number of ether oxygens (including phenoxy) is 2. The molecule has 1 amide bonds. The number of benzene rings is 1. The van der Waals surface area contributed by atoms with Crippen molar-refractivity contribution < 1.29 is 19.2 Å². The first-order valence-corrected chi connectivity index (χ1v) is 9.88. The average molecular weight is 372 g/mol. The molecule has 0 atom stereocenters. The van der Waals surface area contributed by atoms with Crippen molar-refractivity contribution in [2.24, 2.45) is 23.2 Å². The lowest BCUT2D eigenvalue weighted by Gasteiger charge is -2.56. The molecule has 1 heterocycles. The summed E-state index contributed by atoms with van der Waals surface area (Å²) in [5.74, 6) is 2.73. The van der Waals surface area contributed by atoms with Crippen LogP contribution in [0, 0.1) is 33.3 Å². The normalized spacial score (nSPS) is 33.0. The van der Waals surface area contributed by atoms with Crippen LogP contribution in [0.2, 0.25) is 0 Å². The number of nitro groups is 1. The third-order valence-electron chi connectivity index (χ3n) is 6.89. The predicted molar refractivity (Wildman–Crippen MR) is 97.0 cm³/mol. The van der Waals surface area contributed by atoms with Crippen LogP contribution in [0.15, 0.2) is 12.1 Å². The lowest BCUT2D eigenvalue weighted by Crippen LogP contribution is -2.51. The number of nitrogens with one attached hydrogen (secondary N) is 1. The van der Waals surface area contributed by atoms with Gasteiger partial charge in [-0.25, -0.2) is 0 Å². The highest BCUT2D eigenvalue weighted by Gasteiger charge is 2.50. The van der Waals surface area contributed by atoms with Crippen molar-refractivity contribution in [1.82, 2.24) is 5.32 Å². The molecule has 6 rings (SSSR count). The monoisotopic (exact) mass is 372 g/mol. The van der Waals surface area contributed by atoms with Gasteiger partial charge in [0.1, 0.15) is 18.8 Å². The maximum atomic E-state index is 12.8. The van der Waals surface area contributed by atoms with Gasteiger partial charge in [-0.15, -0.1) is 0 Å². The number of amides is 1. The summed E-state index contributed by atoms with van der Waals surface area (Å²) in [6.07, 6.45) is 7.59. The van der Waals surface area contributed by atoms with Gasteiger partial charge in [-0.2, -0.15) is 0 Å². The largest absolute Gasteiger partial charge is 0.486 e. The number of carbonyl (C=O) groups excluding carboxylic acids is 1. The van der Waals surface area contributed by atoms with Gasteiger partial charge in [0, 0.05) is 12.6 Å². The van der Waals surface area contributed by atoms with Crippen molar-refractivity contribution in [3.63, 3.8) is 0 Å². The second-order valence-corrected chi connectivity index (χ2v) is 8.87. The molecule has 5 aliphatic rings. The van der Waals surface area contributed by atoms with Gasteiger partial charge in [-0.1, -0.05) is 0 Å². The highest BCUT2D eigenvalue weighted by Crippen LogP contribution is 2.59. The molecule has 1 aromatic carbocycles. The van der Waals surface area contributed by atoms with E-state index in [1.54, 1.807) is 0 Å². The fourth-order valence-electron chi connectivity index (χ4n) is 6.28. The molecule has 4 bridgehead atoms. The minimum atomic E-state index is -0.530. The van der Waals surface area contributed by atoms with Gasteiger partial charge in [-0.05, 0) is 61.7 Å². The van der Waals surface area contributed by atoms with Crippen molar-refractivity contribution in [2.75, 3.05) is 19.8 Å². The molecule has 0 radical (unpaired) electrons. The van der Waals surface area contributed by atoms with Crippen molar-refractivity contribution in [3.8, 4) is 11.5 Å². The van der Waals surface area contributed by atoms with E-state index in [1.165, 1.54) is 50.7 Å². The third-order valence-corrected chi connectivity index (χ3v) is 6.89. The molecule has 1 aliphatic heterocycles. The van der Waals surface area contributed by atoms with Crippen LogP contribution in [0.1, 0.15) is 48.9 Å². The van der Waals surface area contributed by atoms with Gasteiger partial charge in [0.25, 0.3) is 11.6 Å². The summed E-state index contributed by atoms with van der Waals surface area (Å²) in [7, 11) is 0. The minimum absolute atomic E-state index is 0.0500. The zero-order chi connectivity index (χ0) is 18.6. The lowest BCUT2D eigenvalue weighted by molar-refractivity contribution is -0.385. The highest BCUT2D eigenvalue weighted by atomic mass is 16.6. The second kappa shape index (κ2) is 6.11. The molecule has 0 aromatic heterocycles. The maximum Gasteiger partial charge on any atom is 0.286 e. The maximum absolute atomic E-state index is 12.8. The Hall–Kier alpha value is -2.31. The number of nitrogens with zero attached hydrogens (tertiary/aromatic N) is 1. The Morgan fingerprint density at radius 1 is 1.07 bits per heavy atom. The molecule has 0 saturated heterocycles. The first-order valence-electron chi connectivity index (χ1n) is 9.88. The van der Waals surface area contributed by atoms with Gasteiger partial charge < -0.3 is 14.8 Å². The second-order valence-electron chi connectivity index (χ2n) is 8.87. The van der Waals surface area contributed by atoms with E-state index in [9.17, 15) is 14.9 Å². The molecule has 27 heavy (non-hydrogen) atoms. The Labute approximate surface area is 157 Å². The van der Waals surface area contributed by atoms with E-state index in [1.807, 2.05) is 0 Å². The number of rotatable bonds is 4. The summed E-state index contributed by atoms with van der Waals surface area (Å²) in [4.78, 5) is 23.8. The first-order chi connectivity index (χ1) is 13.0. The minimum Gasteiger partial charge on any atom is -0.486 e. The van der Waals surface area contributed by atoms with Crippen molar-refractivity contribution in [2.45, 2.75) is 38.5 Å². The summed E-state index contributed by atoms with van der Waals surface area (Å²) in [6.45, 7) is 1.34. The molecule has 7 nitrogen and oxygen atoms in total. The zero-order valence-corrected chi connectivity index (χ0v) is 15.2. The van der Waals surface area contributed by atoms with E-state index in [2.05, 4.69) is 5.32 Å². The third kappa shape index (κ3) is 2.93. The quantitative estimate of drug-likeness (QED) is 0.647. The number of hydrogen-bond acceptors (Lipinski definition) is 5. The summed E-state index contributed by atoms with van der Waals surface area (Å²) in [5.41, 5.74) is 0.00347. The molecule has 7 heteroatoms. The van der Waals surface area contributed by atoms with Crippen LogP contribution in [0.25, 0.3) is 0 Å². The van der Waals surface area contributed by atoms with E-state index in [-0.39, 0.29) is 16.7 Å². The van der Waals surface area contributed by atoms with E-state index in [4.69, 9.17) is 9.47 Å². The number of hydrogen-bond donors (Lipinski definition) is 1. The van der Waals surface area contributed by atoms with Crippen LogP contribution in [0.4, 0.5) is 5.69 Å². The van der Waals surface area contributed by atoms with Crippen LogP contribution in [-0.2, 0) is 0 Å². The lowest BCUT2D eigenvalue weighted by atomic mass is 9.49. The molecule has 0 spiro atoms. The molecule has 1 aromatic rings. The van der Waals surface area contributed by atoms with Crippen LogP contribution in [0.3, 0.4) is 0 Å². The fraction of sp³-hybridized carbons (Fsp3) is 0.650. The molecule has 0 unspecified atom stereocenters. The van der Waals surface area contributed by atoms with Gasteiger partial charge in [0.15, 0.2) is 11.5 Å². The Morgan fingerprint density at radius 3 is 2.19 bits per heavy atom. The van der Waals surface area contributed by atoms with Crippen molar-refractivity contribution in [1.29, 1.82) is 0 Å². The smallest absolute Gasteiger partial charge is 0.286 e. The topological polar surface area (TPSA) is 90.7 Å². The SMILES string of the molecule is O=C(NCC12CC3CC(CC(C3)C1)C2)c1cc2c(cc1[N+](=O)[O-])OCCO2. The van der Waals surface area contributed by atoms with Crippen LogP contribution < -0.4 is 14.8 Å². The molecule has 4 saturated carbocycles. The Morgan fingerprint density at radius 2 is 1.63 bits per heavy atom. The predicted octanol–water partition coefficient (Wildman–Crippen LogP) is 3.31. The summed E-state index contributed by atoms with van der Waals surface area (Å²) in [5, 5.41) is 14.5. The Kier molecular flexibility index (Phi) is 3.81. The highest BCUT2D eigenvalue weighted by molar-refractivity contribution is 5.99. The number of carbonyl (C=O) groups is 1. The number of fused-ring (bicyclic) bond motifs is 1. The Bertz CT molecular complexity index is 771. The molecule has 4 aliphatic carbocycles. The molecular weight excluding hydrogens is 348 g/mol. The first kappa shape index (κ1) is 16.8. The van der Waals surface area contributed by atoms with Gasteiger partial charge in [0.2, 0.25) is 0 Å². The van der Waals surface area contributed by atoms with Gasteiger partial charge >= 0.3 is 0 Å². The fourth-order valence-corrected chi connectivity index (χ4v) is 6.28. The van der Waals surface area contributed by atoms with E-state index < -0.39 is 10.8 Å². The Balaban J connectivity index is 1.36. The molecule has 1 N–H and O–H groups in total. The molecule has 4 fully saturated rings. The van der Waals surface area contributed by atoms with Crippen LogP contribution >= 0.6 is 0 Å². The summed E-state index contributed by atoms with van der Waals surface area (Å²) < 4.78 is 10.9. The standard InChI is InChI=1S/C20H24N2O5/c23-19(15-6-17-18(27-2-1-26-17)7-16(15)22(24)25)21-11-20-8-12-3-13(9-20)5-14(4-12)10-20/h6-7,12-14H,1-5,8-11H2,(H,21,23). The molecule has 144 valence electrons. The van der Waals surface area contributed by atoms with E-state index >= 15 is 0 Å². The van der Waals surface area contributed by atoms with Crippen LogP contribution in [0.5, 0.6) is 11.5 Å². The van der Waals surface area contributed by atoms with Crippen LogP contribution in [-0.4, -0.2) is 30.6 Å². The van der Waals surface area contributed by atoms with Crippen molar-refractivity contribution >= 4 is 11.6 Å². The summed E-state index contributed by atoms with van der Waals surface area (Å²) >= 11 is 0. The van der Waals surface area contributed by atoms with E-state index in [0.717, 1.165) is 17.8 Å². The van der Waals surface area contributed by atoms with Crippen molar-refractivity contribution in [3.05, 3.63) is 27.8 Å². The summed E-state index contributed by atoms with van der Waals surface area (Å²) in [6, 6.07) is 2.75. The van der Waals surface area contributed by atoms with E-state index in [0.29, 0.717) is 31.3 Å². The molecular formula is C20H24N2O5. The van der Waals surface area contributed by atoms with Gasteiger partial charge in [-0.3, -0.25) is 14.9 Å². The zero-order valence-electron chi connectivity index (χ0n) is 15.2.